The number of rotatable bonds is 13. The molecule has 0 unspecified atom stereocenters. The van der Waals surface area contributed by atoms with Crippen molar-refractivity contribution in [2.75, 3.05) is 24.7 Å². The van der Waals surface area contributed by atoms with Crippen molar-refractivity contribution in [3.05, 3.63) is 65.7 Å². The van der Waals surface area contributed by atoms with Crippen molar-refractivity contribution in [3.63, 3.8) is 0 Å². The molecule has 2 aromatic carbocycles. The predicted octanol–water partition coefficient (Wildman–Crippen LogP) is 3.81. The predicted molar refractivity (Wildman–Crippen MR) is 125 cm³/mol. The Kier molecular flexibility index (Phi) is 9.45. The fourth-order valence-electron chi connectivity index (χ4n) is 2.66. The van der Waals surface area contributed by atoms with Crippen LogP contribution in [0, 0.1) is 0 Å². The maximum Gasteiger partial charge on any atom is 0.264 e. The molecule has 0 aliphatic heterocycles. The number of benzene rings is 2. The van der Waals surface area contributed by atoms with Crippen molar-refractivity contribution in [1.29, 1.82) is 0 Å². The molecule has 0 aliphatic rings. The third-order valence-electron chi connectivity index (χ3n) is 4.23. The van der Waals surface area contributed by atoms with Gasteiger partial charge in [0.2, 0.25) is 0 Å². The highest BCUT2D eigenvalue weighted by molar-refractivity contribution is 7.86. The first-order chi connectivity index (χ1) is 15.1. The van der Waals surface area contributed by atoms with Crippen LogP contribution >= 0.6 is 0 Å². The molecule has 2 N–H and O–H groups in total. The van der Waals surface area contributed by atoms with Gasteiger partial charge in [-0.1, -0.05) is 49.1 Å². The van der Waals surface area contributed by atoms with E-state index in [0.717, 1.165) is 11.1 Å². The van der Waals surface area contributed by atoms with Gasteiger partial charge in [0.15, 0.2) is 0 Å². The Hall–Kier alpha value is -2.66. The Morgan fingerprint density at radius 1 is 0.781 bits per heavy atom. The molecule has 10 heteroatoms. The van der Waals surface area contributed by atoms with E-state index in [1.54, 1.807) is 24.3 Å². The lowest BCUT2D eigenvalue weighted by Crippen LogP contribution is -2.09. The average Bonchev–Trinajstić information content (AvgIpc) is 2.72. The van der Waals surface area contributed by atoms with Crippen LogP contribution in [-0.4, -0.2) is 50.7 Å². The van der Waals surface area contributed by atoms with Gasteiger partial charge in [-0.3, -0.25) is 9.11 Å². The minimum Gasteiger partial charge on any atom is -0.494 e. The standard InChI is InChI=1S/C22H26O8S2/c1-2-18-5-7-19(8-6-18)9-10-20-17-21(29-13-3-15-31(23,24)25)11-12-22(20)30-14-4-16-32(26,27)28/h2,5-12,17H,1,3-4,13-16H2,(H,23,24,25)(H,26,27,28)/b10-9+. The first kappa shape index (κ1) is 25.6. The zero-order valence-electron chi connectivity index (χ0n) is 17.4. The lowest BCUT2D eigenvalue weighted by Gasteiger charge is -2.12. The highest BCUT2D eigenvalue weighted by Gasteiger charge is 2.08. The molecule has 0 saturated carbocycles. The summed E-state index contributed by atoms with van der Waals surface area (Å²) in [7, 11) is -8.09. The molecule has 32 heavy (non-hydrogen) atoms. The van der Waals surface area contributed by atoms with Gasteiger partial charge in [-0.15, -0.1) is 0 Å². The highest BCUT2D eigenvalue weighted by atomic mass is 32.2. The summed E-state index contributed by atoms with van der Waals surface area (Å²) in [4.78, 5) is 0. The first-order valence-electron chi connectivity index (χ1n) is 9.76. The Morgan fingerprint density at radius 2 is 1.34 bits per heavy atom. The van der Waals surface area contributed by atoms with E-state index in [1.165, 1.54) is 0 Å². The van der Waals surface area contributed by atoms with Crippen LogP contribution in [0.5, 0.6) is 11.5 Å². The fourth-order valence-corrected chi connectivity index (χ4v) is 3.63. The summed E-state index contributed by atoms with van der Waals surface area (Å²) in [5.74, 6) is 0.176. The summed E-state index contributed by atoms with van der Waals surface area (Å²) in [6, 6.07) is 12.7. The summed E-state index contributed by atoms with van der Waals surface area (Å²) < 4.78 is 72.2. The van der Waals surface area contributed by atoms with E-state index in [9.17, 15) is 16.8 Å². The van der Waals surface area contributed by atoms with E-state index < -0.39 is 31.7 Å². The van der Waals surface area contributed by atoms with Gasteiger partial charge in [0, 0.05) is 5.56 Å². The van der Waals surface area contributed by atoms with Crippen LogP contribution in [0.25, 0.3) is 18.2 Å². The molecule has 0 fully saturated rings. The largest absolute Gasteiger partial charge is 0.494 e. The fraction of sp³-hybridized carbons (Fsp3) is 0.273. The molecule has 0 amide bonds. The number of hydrogen-bond donors (Lipinski definition) is 2. The van der Waals surface area contributed by atoms with Crippen LogP contribution in [-0.2, 0) is 20.2 Å². The Morgan fingerprint density at radius 3 is 1.91 bits per heavy atom. The van der Waals surface area contributed by atoms with Crippen molar-refractivity contribution in [1.82, 2.24) is 0 Å². The zero-order chi connectivity index (χ0) is 23.6. The van der Waals surface area contributed by atoms with Crippen molar-refractivity contribution >= 4 is 38.5 Å². The molecule has 0 spiro atoms. The van der Waals surface area contributed by atoms with Gasteiger partial charge >= 0.3 is 0 Å². The SMILES string of the molecule is C=Cc1ccc(/C=C/c2cc(OCCCS(=O)(=O)O)ccc2OCCCS(=O)(=O)O)cc1. The maximum absolute atomic E-state index is 10.9. The van der Waals surface area contributed by atoms with Crippen molar-refractivity contribution < 1.29 is 35.4 Å². The quantitative estimate of drug-likeness (QED) is 0.251. The van der Waals surface area contributed by atoms with E-state index in [2.05, 4.69) is 6.58 Å². The molecule has 0 atom stereocenters. The number of hydrogen-bond acceptors (Lipinski definition) is 6. The number of ether oxygens (including phenoxy) is 2. The average molecular weight is 483 g/mol. The molecule has 0 aromatic heterocycles. The monoisotopic (exact) mass is 482 g/mol. The van der Waals surface area contributed by atoms with Gasteiger partial charge < -0.3 is 9.47 Å². The van der Waals surface area contributed by atoms with Crippen LogP contribution in [0.2, 0.25) is 0 Å². The molecule has 0 radical (unpaired) electrons. The second-order valence-corrected chi connectivity index (χ2v) is 10.0. The second kappa shape index (κ2) is 11.8. The Balaban J connectivity index is 2.13. The van der Waals surface area contributed by atoms with Crippen molar-refractivity contribution in [3.8, 4) is 11.5 Å². The minimum atomic E-state index is -4.05. The first-order valence-corrected chi connectivity index (χ1v) is 13.0. The normalized spacial score (nSPS) is 12.1. The van der Waals surface area contributed by atoms with Gasteiger partial charge in [-0.25, -0.2) is 0 Å². The lowest BCUT2D eigenvalue weighted by molar-refractivity contribution is 0.307. The van der Waals surface area contributed by atoms with Gasteiger partial charge in [-0.2, -0.15) is 16.8 Å². The summed E-state index contributed by atoms with van der Waals surface area (Å²) in [5.41, 5.74) is 2.59. The van der Waals surface area contributed by atoms with E-state index >= 15 is 0 Å². The van der Waals surface area contributed by atoms with Crippen LogP contribution in [0.3, 0.4) is 0 Å². The maximum atomic E-state index is 10.9. The van der Waals surface area contributed by atoms with Crippen molar-refractivity contribution in [2.24, 2.45) is 0 Å². The molecule has 2 rings (SSSR count). The summed E-state index contributed by atoms with van der Waals surface area (Å²) in [6.45, 7) is 3.91. The molecule has 0 heterocycles. The molecular weight excluding hydrogens is 456 g/mol. The van der Waals surface area contributed by atoms with E-state index in [1.807, 2.05) is 36.4 Å². The molecule has 8 nitrogen and oxygen atoms in total. The van der Waals surface area contributed by atoms with Gasteiger partial charge in [0.05, 0.1) is 24.7 Å². The van der Waals surface area contributed by atoms with E-state index in [4.69, 9.17) is 18.6 Å². The summed E-state index contributed by atoms with van der Waals surface area (Å²) >= 11 is 0. The highest BCUT2D eigenvalue weighted by Crippen LogP contribution is 2.27. The smallest absolute Gasteiger partial charge is 0.264 e. The molecule has 2 aromatic rings. The summed E-state index contributed by atoms with van der Waals surface area (Å²) in [5, 5.41) is 0. The van der Waals surface area contributed by atoms with Gasteiger partial charge in [0.25, 0.3) is 20.2 Å². The molecule has 174 valence electrons. The van der Waals surface area contributed by atoms with Crippen LogP contribution in [0.1, 0.15) is 29.5 Å². The third kappa shape index (κ3) is 10.1. The zero-order valence-corrected chi connectivity index (χ0v) is 19.0. The van der Waals surface area contributed by atoms with Crippen molar-refractivity contribution in [2.45, 2.75) is 12.8 Å². The van der Waals surface area contributed by atoms with E-state index in [0.29, 0.717) is 17.1 Å². The van der Waals surface area contributed by atoms with Gasteiger partial charge in [0.1, 0.15) is 11.5 Å². The Labute approximate surface area is 188 Å². The molecule has 0 bridgehead atoms. The molecule has 0 saturated heterocycles. The van der Waals surface area contributed by atoms with Crippen LogP contribution in [0.15, 0.2) is 49.0 Å². The third-order valence-corrected chi connectivity index (χ3v) is 5.84. The van der Waals surface area contributed by atoms with Crippen LogP contribution in [0.4, 0.5) is 0 Å². The van der Waals surface area contributed by atoms with Gasteiger partial charge in [-0.05, 0) is 42.2 Å². The molecular formula is C22H26O8S2. The lowest BCUT2D eigenvalue weighted by atomic mass is 10.1. The van der Waals surface area contributed by atoms with E-state index in [-0.39, 0.29) is 26.1 Å². The summed E-state index contributed by atoms with van der Waals surface area (Å²) in [6.07, 6.45) is 5.68. The molecule has 0 aliphatic carbocycles. The van der Waals surface area contributed by atoms with Crippen LogP contribution < -0.4 is 9.47 Å². The minimum absolute atomic E-state index is 0.0865. The second-order valence-electron chi connectivity index (χ2n) is 6.88. The topological polar surface area (TPSA) is 127 Å². The Bertz CT molecular complexity index is 1130.